The number of nitrogens with zero attached hydrogens (tertiary/aromatic N) is 1. The Kier molecular flexibility index (Phi) is 7.69. The van der Waals surface area contributed by atoms with Crippen molar-refractivity contribution in [2.24, 2.45) is 10.9 Å². The number of rotatable bonds is 8. The quantitative estimate of drug-likeness (QED) is 0.463. The maximum atomic E-state index is 13.7. The Morgan fingerprint density at radius 3 is 2.49 bits per heavy atom. The zero-order valence-electron chi connectivity index (χ0n) is 20.9. The second kappa shape index (κ2) is 10.9. The van der Waals surface area contributed by atoms with Crippen LogP contribution in [0.5, 0.6) is 11.5 Å². The first-order valence-electron chi connectivity index (χ1n) is 12.3. The van der Waals surface area contributed by atoms with Crippen LogP contribution in [0, 0.1) is 5.92 Å². The van der Waals surface area contributed by atoms with Crippen molar-refractivity contribution in [2.45, 2.75) is 51.9 Å². The summed E-state index contributed by atoms with van der Waals surface area (Å²) >= 11 is 0. The van der Waals surface area contributed by atoms with E-state index in [0.717, 1.165) is 23.2 Å². The van der Waals surface area contributed by atoms with Gasteiger partial charge in [0.1, 0.15) is 5.92 Å². The molecule has 1 heterocycles. The van der Waals surface area contributed by atoms with Crippen molar-refractivity contribution in [1.29, 1.82) is 0 Å². The second-order valence-electron chi connectivity index (χ2n) is 9.02. The van der Waals surface area contributed by atoms with Gasteiger partial charge in [-0.15, -0.1) is 0 Å². The van der Waals surface area contributed by atoms with Crippen LogP contribution >= 0.6 is 0 Å². The molecule has 0 fully saturated rings. The highest BCUT2D eigenvalue weighted by atomic mass is 16.5. The molecule has 35 heavy (non-hydrogen) atoms. The number of allylic oxidation sites excluding steroid dienone is 2. The van der Waals surface area contributed by atoms with E-state index >= 15 is 0 Å². The van der Waals surface area contributed by atoms with E-state index in [4.69, 9.17) is 19.2 Å². The molecule has 0 amide bonds. The zero-order chi connectivity index (χ0) is 24.9. The summed E-state index contributed by atoms with van der Waals surface area (Å²) in [5.74, 6) is -0.215. The van der Waals surface area contributed by atoms with Gasteiger partial charge in [-0.1, -0.05) is 43.3 Å². The fourth-order valence-corrected chi connectivity index (χ4v) is 5.13. The number of Topliss-reactive ketones (excluding diaryl/α,β-unsaturated/α-hetero) is 1. The van der Waals surface area contributed by atoms with Crippen molar-refractivity contribution in [3.05, 3.63) is 70.9 Å². The molecule has 0 saturated heterocycles. The van der Waals surface area contributed by atoms with Gasteiger partial charge in [0.2, 0.25) is 0 Å². The lowest BCUT2D eigenvalue weighted by Gasteiger charge is -2.36. The molecule has 0 spiro atoms. The van der Waals surface area contributed by atoms with E-state index in [-0.39, 0.29) is 17.7 Å². The first-order valence-corrected chi connectivity index (χ1v) is 12.3. The molecule has 6 heteroatoms. The minimum atomic E-state index is -0.667. The molecule has 0 saturated carbocycles. The van der Waals surface area contributed by atoms with Crippen LogP contribution in [-0.4, -0.2) is 37.8 Å². The van der Waals surface area contributed by atoms with E-state index in [0.29, 0.717) is 48.8 Å². The Bertz CT molecular complexity index is 1150. The summed E-state index contributed by atoms with van der Waals surface area (Å²) in [7, 11) is 1.59. The number of carbonyl (C=O) groups is 2. The van der Waals surface area contributed by atoms with Crippen LogP contribution in [0.2, 0.25) is 0 Å². The van der Waals surface area contributed by atoms with Crippen molar-refractivity contribution in [1.82, 2.24) is 0 Å². The van der Waals surface area contributed by atoms with E-state index in [1.165, 1.54) is 0 Å². The Morgan fingerprint density at radius 1 is 1.03 bits per heavy atom. The number of benzene rings is 2. The van der Waals surface area contributed by atoms with Crippen LogP contribution < -0.4 is 9.47 Å². The molecular formula is C29H33NO5. The van der Waals surface area contributed by atoms with Crippen LogP contribution in [0.15, 0.2) is 64.8 Å². The third-order valence-corrected chi connectivity index (χ3v) is 6.71. The standard InChI is InChI=1S/C29H33NO5/c1-5-14-35-29(32)26-18(3)30-22-15-21(19-10-8-7-9-11-19)16-23(31)28(22)27(26)20-12-13-24(34-6-2)25(17-20)33-4/h7-13,17,21,26-27H,5-6,14-16H2,1-4H3/t21-,26?,27+/m0/s1. The molecule has 6 nitrogen and oxygen atoms in total. The maximum absolute atomic E-state index is 13.7. The Hall–Kier alpha value is -3.41. The number of methoxy groups -OCH3 is 1. The van der Waals surface area contributed by atoms with Gasteiger partial charge in [-0.25, -0.2) is 0 Å². The number of esters is 1. The Morgan fingerprint density at radius 2 is 1.80 bits per heavy atom. The minimum absolute atomic E-state index is 0.0301. The molecule has 2 aliphatic rings. The highest BCUT2D eigenvalue weighted by molar-refractivity contribution is 6.09. The predicted octanol–water partition coefficient (Wildman–Crippen LogP) is 5.62. The summed E-state index contributed by atoms with van der Waals surface area (Å²) in [4.78, 5) is 31.7. The van der Waals surface area contributed by atoms with Gasteiger partial charge in [-0.3, -0.25) is 14.6 Å². The summed E-state index contributed by atoms with van der Waals surface area (Å²) in [6.07, 6.45) is 1.77. The lowest BCUT2D eigenvalue weighted by Crippen LogP contribution is -2.38. The van der Waals surface area contributed by atoms with Crippen molar-refractivity contribution in [2.75, 3.05) is 20.3 Å². The smallest absolute Gasteiger partial charge is 0.315 e. The van der Waals surface area contributed by atoms with Gasteiger partial charge >= 0.3 is 5.97 Å². The number of hydrogen-bond donors (Lipinski definition) is 0. The summed E-state index contributed by atoms with van der Waals surface area (Å²) in [5, 5.41) is 0. The van der Waals surface area contributed by atoms with Gasteiger partial charge in [-0.05, 0) is 55.9 Å². The number of carbonyl (C=O) groups excluding carboxylic acids is 2. The summed E-state index contributed by atoms with van der Waals surface area (Å²) in [6.45, 7) is 6.56. The van der Waals surface area contributed by atoms with Gasteiger partial charge < -0.3 is 14.2 Å². The van der Waals surface area contributed by atoms with Crippen molar-refractivity contribution in [3.8, 4) is 11.5 Å². The predicted molar refractivity (Wildman–Crippen MR) is 135 cm³/mol. The highest BCUT2D eigenvalue weighted by Crippen LogP contribution is 2.48. The van der Waals surface area contributed by atoms with E-state index in [1.807, 2.05) is 57.2 Å². The largest absolute Gasteiger partial charge is 0.493 e. The normalized spacial score (nSPS) is 21.8. The molecule has 1 aliphatic heterocycles. The molecule has 3 atom stereocenters. The zero-order valence-corrected chi connectivity index (χ0v) is 20.9. The molecule has 2 aromatic carbocycles. The molecule has 0 N–H and O–H groups in total. The molecule has 184 valence electrons. The van der Waals surface area contributed by atoms with Gasteiger partial charge in [0.15, 0.2) is 17.3 Å². The maximum Gasteiger partial charge on any atom is 0.315 e. The van der Waals surface area contributed by atoms with Crippen LogP contribution in [-0.2, 0) is 14.3 Å². The molecule has 1 unspecified atom stereocenters. The molecule has 4 rings (SSSR count). The third-order valence-electron chi connectivity index (χ3n) is 6.71. The minimum Gasteiger partial charge on any atom is -0.493 e. The summed E-state index contributed by atoms with van der Waals surface area (Å²) in [5.41, 5.74) is 4.00. The van der Waals surface area contributed by atoms with E-state index in [2.05, 4.69) is 12.1 Å². The lowest BCUT2D eigenvalue weighted by molar-refractivity contribution is -0.146. The first-order chi connectivity index (χ1) is 17.0. The van der Waals surface area contributed by atoms with Gasteiger partial charge in [0.05, 0.1) is 20.3 Å². The van der Waals surface area contributed by atoms with E-state index in [9.17, 15) is 9.59 Å². The van der Waals surface area contributed by atoms with E-state index in [1.54, 1.807) is 7.11 Å². The monoisotopic (exact) mass is 475 g/mol. The van der Waals surface area contributed by atoms with Gasteiger partial charge in [0.25, 0.3) is 0 Å². The number of ether oxygens (including phenoxy) is 3. The molecule has 0 aromatic heterocycles. The first kappa shape index (κ1) is 24.7. The Labute approximate surface area is 207 Å². The third kappa shape index (κ3) is 5.02. The molecule has 2 aromatic rings. The summed E-state index contributed by atoms with van der Waals surface area (Å²) < 4.78 is 16.8. The van der Waals surface area contributed by atoms with Crippen molar-refractivity contribution in [3.63, 3.8) is 0 Å². The fraction of sp³-hybridized carbons (Fsp3) is 0.414. The molecular weight excluding hydrogens is 442 g/mol. The van der Waals surface area contributed by atoms with Gasteiger partial charge in [0, 0.05) is 29.3 Å². The average molecular weight is 476 g/mol. The van der Waals surface area contributed by atoms with Crippen LogP contribution in [0.1, 0.15) is 63.0 Å². The molecule has 0 bridgehead atoms. The van der Waals surface area contributed by atoms with E-state index < -0.39 is 11.8 Å². The Balaban J connectivity index is 1.81. The number of ketones is 1. The topological polar surface area (TPSA) is 74.2 Å². The number of hydrogen-bond acceptors (Lipinski definition) is 6. The van der Waals surface area contributed by atoms with Crippen molar-refractivity contribution < 1.29 is 23.8 Å². The molecule has 1 aliphatic carbocycles. The SMILES string of the molecule is CCCOC(=O)C1C(C)=NC2=C(C(=O)C[C@@H](c3ccccc3)C2)[C@@H]1c1ccc(OCC)c(OC)c1. The van der Waals surface area contributed by atoms with Gasteiger partial charge in [-0.2, -0.15) is 0 Å². The highest BCUT2D eigenvalue weighted by Gasteiger charge is 2.45. The van der Waals surface area contributed by atoms with Crippen LogP contribution in [0.3, 0.4) is 0 Å². The van der Waals surface area contributed by atoms with Crippen LogP contribution in [0.4, 0.5) is 0 Å². The van der Waals surface area contributed by atoms with Crippen molar-refractivity contribution >= 4 is 17.5 Å². The fourth-order valence-electron chi connectivity index (χ4n) is 5.13. The lowest BCUT2D eigenvalue weighted by atomic mass is 9.69. The number of aliphatic imine (C=N–C) groups is 1. The summed E-state index contributed by atoms with van der Waals surface area (Å²) in [6, 6.07) is 15.7. The average Bonchev–Trinajstić information content (AvgIpc) is 2.87. The molecule has 0 radical (unpaired) electrons. The second-order valence-corrected chi connectivity index (χ2v) is 9.02. The van der Waals surface area contributed by atoms with Crippen LogP contribution in [0.25, 0.3) is 0 Å².